The number of sulfonamides is 1. The van der Waals surface area contributed by atoms with Gasteiger partial charge in [-0.25, -0.2) is 18.4 Å². The second-order valence-corrected chi connectivity index (χ2v) is 11.6. The minimum absolute atomic E-state index is 0.157. The first-order valence-electron chi connectivity index (χ1n) is 10.9. The van der Waals surface area contributed by atoms with Gasteiger partial charge in [-0.2, -0.15) is 16.1 Å². The summed E-state index contributed by atoms with van der Waals surface area (Å²) in [6.45, 7) is 9.54. The maximum Gasteiger partial charge on any atom is 0.270 e. The van der Waals surface area contributed by atoms with Gasteiger partial charge in [0.05, 0.1) is 0 Å². The number of hydrogen-bond donors (Lipinski definition) is 1. The summed E-state index contributed by atoms with van der Waals surface area (Å²) >= 11 is 1.75. The van der Waals surface area contributed by atoms with Crippen molar-refractivity contribution in [2.24, 2.45) is 0 Å². The van der Waals surface area contributed by atoms with Gasteiger partial charge in [-0.15, -0.1) is 0 Å². The van der Waals surface area contributed by atoms with Crippen molar-refractivity contribution in [3.05, 3.63) is 35.5 Å². The van der Waals surface area contributed by atoms with Crippen molar-refractivity contribution in [3.8, 4) is 0 Å². The fourth-order valence-corrected chi connectivity index (χ4v) is 6.46. The molecule has 0 aromatic carbocycles. The van der Waals surface area contributed by atoms with Crippen LogP contribution in [-0.4, -0.2) is 89.3 Å². The molecule has 0 spiro atoms. The molecule has 1 N–H and O–H groups in total. The van der Waals surface area contributed by atoms with E-state index >= 15 is 0 Å². The molecule has 11 heteroatoms. The Morgan fingerprint density at radius 3 is 2.41 bits per heavy atom. The van der Waals surface area contributed by atoms with Crippen LogP contribution in [0.4, 0.5) is 5.82 Å². The number of piperazine rings is 1. The van der Waals surface area contributed by atoms with Crippen molar-refractivity contribution in [2.75, 3.05) is 55.7 Å². The summed E-state index contributed by atoms with van der Waals surface area (Å²) in [5.41, 5.74) is 1.24. The molecule has 2 aromatic rings. The van der Waals surface area contributed by atoms with Crippen LogP contribution in [0.3, 0.4) is 0 Å². The van der Waals surface area contributed by atoms with Crippen LogP contribution in [0, 0.1) is 6.92 Å². The van der Waals surface area contributed by atoms with Gasteiger partial charge in [-0.05, 0) is 13.0 Å². The van der Waals surface area contributed by atoms with E-state index in [1.165, 1.54) is 16.6 Å². The molecule has 32 heavy (non-hydrogen) atoms. The number of nitrogens with zero attached hydrogens (tertiary/aromatic N) is 5. The van der Waals surface area contributed by atoms with Gasteiger partial charge in [0.2, 0.25) is 10.0 Å². The first-order valence-corrected chi connectivity index (χ1v) is 13.5. The number of carbonyl (C=O) groups is 1. The average molecular weight is 479 g/mol. The number of aromatic amines is 1. The molecule has 0 atom stereocenters. The zero-order valence-electron chi connectivity index (χ0n) is 18.7. The molecular formula is C21H30N6O3S2. The van der Waals surface area contributed by atoms with Crippen LogP contribution in [0.25, 0.3) is 0 Å². The standard InChI is InChI=1S/C21H30N6O3S2/c1-15(2)20-23-16(3)12-19(24-20)25-4-6-26(7-5-25)21(28)18-13-17(14-22-18)32(29,30)27-8-10-31-11-9-27/h12-15,22H,4-11H2,1-3H3. The number of nitrogens with one attached hydrogen (secondary N) is 1. The number of rotatable bonds is 5. The van der Waals surface area contributed by atoms with E-state index in [1.54, 1.807) is 16.7 Å². The lowest BCUT2D eigenvalue weighted by Crippen LogP contribution is -2.49. The second kappa shape index (κ2) is 9.40. The van der Waals surface area contributed by atoms with E-state index < -0.39 is 10.0 Å². The first-order chi connectivity index (χ1) is 15.3. The second-order valence-electron chi connectivity index (χ2n) is 8.43. The van der Waals surface area contributed by atoms with Crippen LogP contribution in [0.1, 0.15) is 41.8 Å². The lowest BCUT2D eigenvalue weighted by Gasteiger charge is -2.35. The summed E-state index contributed by atoms with van der Waals surface area (Å²) in [4.78, 5) is 29.2. The molecule has 4 rings (SSSR count). The van der Waals surface area contributed by atoms with E-state index in [1.807, 2.05) is 13.0 Å². The van der Waals surface area contributed by atoms with Gasteiger partial charge in [-0.3, -0.25) is 4.79 Å². The molecule has 2 fully saturated rings. The maximum absolute atomic E-state index is 13.0. The summed E-state index contributed by atoms with van der Waals surface area (Å²) in [7, 11) is -3.57. The summed E-state index contributed by atoms with van der Waals surface area (Å²) in [5.74, 6) is 3.38. The topological polar surface area (TPSA) is 102 Å². The van der Waals surface area contributed by atoms with Crippen molar-refractivity contribution in [3.63, 3.8) is 0 Å². The van der Waals surface area contributed by atoms with Gasteiger partial charge < -0.3 is 14.8 Å². The van der Waals surface area contributed by atoms with Gasteiger partial charge in [0.25, 0.3) is 5.91 Å². The molecule has 174 valence electrons. The molecule has 0 radical (unpaired) electrons. The smallest absolute Gasteiger partial charge is 0.270 e. The Balaban J connectivity index is 1.41. The van der Waals surface area contributed by atoms with Crippen LogP contribution >= 0.6 is 11.8 Å². The number of aryl methyl sites for hydroxylation is 1. The molecular weight excluding hydrogens is 448 g/mol. The monoisotopic (exact) mass is 478 g/mol. The molecule has 0 saturated carbocycles. The van der Waals surface area contributed by atoms with E-state index in [4.69, 9.17) is 4.98 Å². The number of amides is 1. The van der Waals surface area contributed by atoms with Crippen molar-refractivity contribution in [1.29, 1.82) is 0 Å². The SMILES string of the molecule is Cc1cc(N2CCN(C(=O)c3cc(S(=O)(=O)N4CCSCC4)c[nH]3)CC2)nc(C(C)C)n1. The maximum atomic E-state index is 13.0. The Morgan fingerprint density at radius 1 is 1.06 bits per heavy atom. The quantitative estimate of drug-likeness (QED) is 0.701. The van der Waals surface area contributed by atoms with Gasteiger partial charge in [0.1, 0.15) is 22.2 Å². The predicted octanol–water partition coefficient (Wildman–Crippen LogP) is 1.94. The lowest BCUT2D eigenvalue weighted by molar-refractivity contribution is 0.0741. The zero-order chi connectivity index (χ0) is 22.9. The number of anilines is 1. The van der Waals surface area contributed by atoms with Gasteiger partial charge >= 0.3 is 0 Å². The summed E-state index contributed by atoms with van der Waals surface area (Å²) in [6.07, 6.45) is 1.43. The summed E-state index contributed by atoms with van der Waals surface area (Å²) in [6, 6.07) is 3.44. The van der Waals surface area contributed by atoms with Crippen molar-refractivity contribution in [2.45, 2.75) is 31.6 Å². The molecule has 0 aliphatic carbocycles. The average Bonchev–Trinajstić information content (AvgIpc) is 3.30. The minimum atomic E-state index is -3.57. The highest BCUT2D eigenvalue weighted by Crippen LogP contribution is 2.23. The third kappa shape index (κ3) is 4.79. The Bertz CT molecular complexity index is 1070. The zero-order valence-corrected chi connectivity index (χ0v) is 20.4. The molecule has 1 amide bonds. The molecule has 4 heterocycles. The Morgan fingerprint density at radius 2 is 1.75 bits per heavy atom. The van der Waals surface area contributed by atoms with Crippen LogP contribution in [0.5, 0.6) is 0 Å². The fraction of sp³-hybridized carbons (Fsp3) is 0.571. The predicted molar refractivity (Wildman–Crippen MR) is 126 cm³/mol. The van der Waals surface area contributed by atoms with E-state index in [9.17, 15) is 13.2 Å². The third-order valence-electron chi connectivity index (χ3n) is 5.76. The van der Waals surface area contributed by atoms with Crippen LogP contribution in [-0.2, 0) is 10.0 Å². The largest absolute Gasteiger partial charge is 0.356 e. The van der Waals surface area contributed by atoms with Gasteiger partial charge in [-0.1, -0.05) is 13.8 Å². The number of hydrogen-bond acceptors (Lipinski definition) is 7. The lowest BCUT2D eigenvalue weighted by atomic mass is 10.2. The minimum Gasteiger partial charge on any atom is -0.356 e. The molecule has 2 aliphatic heterocycles. The van der Waals surface area contributed by atoms with E-state index in [0.717, 1.165) is 28.8 Å². The molecule has 2 aliphatic rings. The molecule has 2 saturated heterocycles. The van der Waals surface area contributed by atoms with Gasteiger partial charge in [0, 0.05) is 74.6 Å². The van der Waals surface area contributed by atoms with Crippen molar-refractivity contribution < 1.29 is 13.2 Å². The van der Waals surface area contributed by atoms with Gasteiger partial charge in [0.15, 0.2) is 0 Å². The van der Waals surface area contributed by atoms with Crippen LogP contribution in [0.15, 0.2) is 23.2 Å². The highest BCUT2D eigenvalue weighted by atomic mass is 32.2. The number of carbonyl (C=O) groups excluding carboxylic acids is 1. The van der Waals surface area contributed by atoms with Crippen LogP contribution < -0.4 is 4.90 Å². The molecule has 0 bridgehead atoms. The number of aromatic nitrogens is 3. The summed E-state index contributed by atoms with van der Waals surface area (Å²) < 4.78 is 27.2. The Hall–Kier alpha value is -2.11. The van der Waals surface area contributed by atoms with E-state index in [2.05, 4.69) is 28.7 Å². The van der Waals surface area contributed by atoms with E-state index in [-0.39, 0.29) is 16.7 Å². The Kier molecular flexibility index (Phi) is 6.78. The third-order valence-corrected chi connectivity index (χ3v) is 8.58. The Labute approximate surface area is 193 Å². The van der Waals surface area contributed by atoms with Crippen molar-refractivity contribution >= 4 is 33.5 Å². The van der Waals surface area contributed by atoms with E-state index in [0.29, 0.717) is 45.0 Å². The number of thioether (sulfide) groups is 1. The molecule has 2 aromatic heterocycles. The normalized spacial score (nSPS) is 18.4. The number of H-pyrrole nitrogens is 1. The highest BCUT2D eigenvalue weighted by Gasteiger charge is 2.29. The fourth-order valence-electron chi connectivity index (χ4n) is 3.89. The highest BCUT2D eigenvalue weighted by molar-refractivity contribution is 7.99. The molecule has 0 unspecified atom stereocenters. The van der Waals surface area contributed by atoms with Crippen LogP contribution in [0.2, 0.25) is 0 Å². The molecule has 9 nitrogen and oxygen atoms in total. The summed E-state index contributed by atoms with van der Waals surface area (Å²) in [5, 5.41) is 0. The first kappa shape index (κ1) is 23.1. The van der Waals surface area contributed by atoms with Crippen molar-refractivity contribution in [1.82, 2.24) is 24.2 Å².